The average molecular weight is 208 g/mol. The lowest BCUT2D eigenvalue weighted by molar-refractivity contribution is 0.879. The molecule has 0 atom stereocenters. The van der Waals surface area contributed by atoms with Gasteiger partial charge in [0.1, 0.15) is 11.0 Å². The van der Waals surface area contributed by atoms with Crippen LogP contribution in [-0.4, -0.2) is 16.5 Å². The van der Waals surface area contributed by atoms with E-state index in [1.165, 1.54) is 0 Å². The number of fused-ring (bicyclic) bond motifs is 1. The molecule has 0 bridgehead atoms. The molecule has 0 aliphatic rings. The van der Waals surface area contributed by atoms with Gasteiger partial charge in [0.25, 0.3) is 0 Å². The van der Waals surface area contributed by atoms with E-state index in [0.29, 0.717) is 23.9 Å². The van der Waals surface area contributed by atoms with Crippen LogP contribution in [0, 0.1) is 0 Å². The molecular formula is C10H10ClN3. The molecule has 3 nitrogen and oxygen atoms in total. The van der Waals surface area contributed by atoms with Crippen molar-refractivity contribution in [3.8, 4) is 0 Å². The number of nitrogens with zero attached hydrogens (tertiary/aromatic N) is 2. The van der Waals surface area contributed by atoms with E-state index >= 15 is 0 Å². The quantitative estimate of drug-likeness (QED) is 0.764. The third-order valence-electron chi connectivity index (χ3n) is 1.97. The van der Waals surface area contributed by atoms with Gasteiger partial charge in [-0.15, -0.1) is 0 Å². The van der Waals surface area contributed by atoms with Crippen molar-refractivity contribution in [3.05, 3.63) is 35.2 Å². The third kappa shape index (κ3) is 1.69. The van der Waals surface area contributed by atoms with Gasteiger partial charge in [-0.2, -0.15) is 0 Å². The fraction of sp³-hybridized carbons (Fsp3) is 0.200. The molecule has 0 aliphatic carbocycles. The van der Waals surface area contributed by atoms with Crippen molar-refractivity contribution in [2.75, 3.05) is 6.54 Å². The lowest BCUT2D eigenvalue weighted by atomic mass is 10.2. The van der Waals surface area contributed by atoms with Crippen LogP contribution in [0.25, 0.3) is 10.9 Å². The highest BCUT2D eigenvalue weighted by atomic mass is 35.5. The first-order chi connectivity index (χ1) is 6.81. The molecule has 1 aromatic heterocycles. The van der Waals surface area contributed by atoms with Gasteiger partial charge < -0.3 is 5.73 Å². The van der Waals surface area contributed by atoms with Gasteiger partial charge >= 0.3 is 0 Å². The van der Waals surface area contributed by atoms with E-state index in [1.807, 2.05) is 24.3 Å². The normalized spacial score (nSPS) is 10.7. The summed E-state index contributed by atoms with van der Waals surface area (Å²) in [5.74, 6) is 0.705. The van der Waals surface area contributed by atoms with E-state index in [2.05, 4.69) is 9.97 Å². The Labute approximate surface area is 86.9 Å². The molecule has 1 heterocycles. The van der Waals surface area contributed by atoms with Crippen molar-refractivity contribution in [2.24, 2.45) is 5.73 Å². The first kappa shape index (κ1) is 9.37. The second-order valence-corrected chi connectivity index (χ2v) is 3.34. The van der Waals surface area contributed by atoms with Crippen molar-refractivity contribution in [1.82, 2.24) is 9.97 Å². The molecule has 72 valence electrons. The Morgan fingerprint density at radius 3 is 2.79 bits per heavy atom. The molecule has 0 aliphatic heterocycles. The minimum absolute atomic E-state index is 0.499. The Morgan fingerprint density at radius 1 is 1.21 bits per heavy atom. The highest BCUT2D eigenvalue weighted by Gasteiger charge is 2.03. The van der Waals surface area contributed by atoms with Crippen LogP contribution in [-0.2, 0) is 6.42 Å². The summed E-state index contributed by atoms with van der Waals surface area (Å²) in [6, 6.07) is 7.67. The zero-order valence-electron chi connectivity index (χ0n) is 7.57. The van der Waals surface area contributed by atoms with E-state index in [0.717, 1.165) is 10.9 Å². The number of hydrogen-bond donors (Lipinski definition) is 1. The molecule has 0 unspecified atom stereocenters. The first-order valence-corrected chi connectivity index (χ1v) is 4.80. The molecule has 2 rings (SSSR count). The van der Waals surface area contributed by atoms with E-state index in [9.17, 15) is 0 Å². The summed E-state index contributed by atoms with van der Waals surface area (Å²) in [6.07, 6.45) is 0.657. The summed E-state index contributed by atoms with van der Waals surface area (Å²) in [5.41, 5.74) is 6.30. The molecule has 0 fully saturated rings. The Balaban J connectivity index is 2.60. The van der Waals surface area contributed by atoms with Crippen LogP contribution in [0.2, 0.25) is 5.15 Å². The number of hydrogen-bond acceptors (Lipinski definition) is 3. The lowest BCUT2D eigenvalue weighted by Crippen LogP contribution is -2.06. The number of para-hydroxylation sites is 1. The predicted molar refractivity (Wildman–Crippen MR) is 57.3 cm³/mol. The van der Waals surface area contributed by atoms with Crippen molar-refractivity contribution in [3.63, 3.8) is 0 Å². The maximum absolute atomic E-state index is 6.01. The van der Waals surface area contributed by atoms with Crippen LogP contribution in [0.1, 0.15) is 5.82 Å². The molecule has 1 aromatic carbocycles. The monoisotopic (exact) mass is 207 g/mol. The molecule has 0 radical (unpaired) electrons. The lowest BCUT2D eigenvalue weighted by Gasteiger charge is -2.02. The molecule has 14 heavy (non-hydrogen) atoms. The van der Waals surface area contributed by atoms with Crippen molar-refractivity contribution < 1.29 is 0 Å². The van der Waals surface area contributed by atoms with Crippen LogP contribution in [0.3, 0.4) is 0 Å². The van der Waals surface area contributed by atoms with E-state index in [-0.39, 0.29) is 0 Å². The summed E-state index contributed by atoms with van der Waals surface area (Å²) < 4.78 is 0. The van der Waals surface area contributed by atoms with Crippen LogP contribution in [0.4, 0.5) is 0 Å². The number of rotatable bonds is 2. The maximum atomic E-state index is 6.01. The molecule has 0 saturated carbocycles. The van der Waals surface area contributed by atoms with Crippen molar-refractivity contribution in [2.45, 2.75) is 6.42 Å². The molecule has 0 spiro atoms. The minimum atomic E-state index is 0.499. The number of nitrogens with two attached hydrogens (primary N) is 1. The largest absolute Gasteiger partial charge is 0.330 e. The number of halogens is 1. The molecule has 4 heteroatoms. The maximum Gasteiger partial charge on any atom is 0.140 e. The highest BCUT2D eigenvalue weighted by molar-refractivity contribution is 6.34. The number of aromatic nitrogens is 2. The van der Waals surface area contributed by atoms with Crippen LogP contribution in [0.15, 0.2) is 24.3 Å². The van der Waals surface area contributed by atoms with Crippen molar-refractivity contribution in [1.29, 1.82) is 0 Å². The summed E-state index contributed by atoms with van der Waals surface area (Å²) >= 11 is 6.01. The molecule has 2 aromatic rings. The molecule has 0 saturated heterocycles. The fourth-order valence-corrected chi connectivity index (χ4v) is 1.58. The Bertz CT molecular complexity index is 456. The van der Waals surface area contributed by atoms with Gasteiger partial charge in [0, 0.05) is 11.8 Å². The zero-order valence-corrected chi connectivity index (χ0v) is 8.33. The first-order valence-electron chi connectivity index (χ1n) is 4.42. The van der Waals surface area contributed by atoms with E-state index < -0.39 is 0 Å². The van der Waals surface area contributed by atoms with Gasteiger partial charge in [0.05, 0.1) is 5.52 Å². The summed E-state index contributed by atoms with van der Waals surface area (Å²) in [6.45, 7) is 0.536. The zero-order chi connectivity index (χ0) is 9.97. The summed E-state index contributed by atoms with van der Waals surface area (Å²) in [4.78, 5) is 8.52. The second-order valence-electron chi connectivity index (χ2n) is 2.99. The van der Waals surface area contributed by atoms with Gasteiger partial charge in [-0.25, -0.2) is 9.97 Å². The summed E-state index contributed by atoms with van der Waals surface area (Å²) in [5, 5.41) is 1.38. The van der Waals surface area contributed by atoms with Gasteiger partial charge in [-0.05, 0) is 18.7 Å². The van der Waals surface area contributed by atoms with Gasteiger partial charge in [0.2, 0.25) is 0 Å². The topological polar surface area (TPSA) is 51.8 Å². The summed E-state index contributed by atoms with van der Waals surface area (Å²) in [7, 11) is 0. The molecular weight excluding hydrogens is 198 g/mol. The van der Waals surface area contributed by atoms with Gasteiger partial charge in [-0.1, -0.05) is 23.7 Å². The second kappa shape index (κ2) is 3.90. The SMILES string of the molecule is NCCc1nc(Cl)c2ccccc2n1. The average Bonchev–Trinajstić information content (AvgIpc) is 2.18. The van der Waals surface area contributed by atoms with Gasteiger partial charge in [-0.3, -0.25) is 0 Å². The smallest absolute Gasteiger partial charge is 0.140 e. The Morgan fingerprint density at radius 2 is 2.00 bits per heavy atom. The molecule has 0 amide bonds. The highest BCUT2D eigenvalue weighted by Crippen LogP contribution is 2.19. The minimum Gasteiger partial charge on any atom is -0.330 e. The Kier molecular flexibility index (Phi) is 2.61. The fourth-order valence-electron chi connectivity index (χ4n) is 1.32. The van der Waals surface area contributed by atoms with Crippen LogP contribution >= 0.6 is 11.6 Å². The van der Waals surface area contributed by atoms with Crippen molar-refractivity contribution >= 4 is 22.5 Å². The van der Waals surface area contributed by atoms with Crippen LogP contribution < -0.4 is 5.73 Å². The van der Waals surface area contributed by atoms with Crippen LogP contribution in [0.5, 0.6) is 0 Å². The third-order valence-corrected chi connectivity index (χ3v) is 2.26. The standard InChI is InChI=1S/C10H10ClN3/c11-10-7-3-1-2-4-8(7)13-9(14-10)5-6-12/h1-4H,5-6,12H2. The van der Waals surface area contributed by atoms with E-state index in [4.69, 9.17) is 17.3 Å². The predicted octanol–water partition coefficient (Wildman–Crippen LogP) is 1.78. The Hall–Kier alpha value is -1.19. The molecule has 2 N–H and O–H groups in total. The van der Waals surface area contributed by atoms with Gasteiger partial charge in [0.15, 0.2) is 0 Å². The number of benzene rings is 1. The van der Waals surface area contributed by atoms with E-state index in [1.54, 1.807) is 0 Å².